The van der Waals surface area contributed by atoms with Crippen LogP contribution < -0.4 is 4.74 Å². The van der Waals surface area contributed by atoms with E-state index in [1.165, 1.54) is 24.3 Å². The molecule has 5 rings (SSSR count). The molecule has 5 nitrogen and oxygen atoms in total. The molecule has 9 heteroatoms. The molecule has 0 N–H and O–H groups in total. The number of para-hydroxylation sites is 1. The topological polar surface area (TPSA) is 45.1 Å². The van der Waals surface area contributed by atoms with Gasteiger partial charge in [-0.3, -0.25) is 4.79 Å². The van der Waals surface area contributed by atoms with Gasteiger partial charge < -0.3 is 14.5 Å². The molecule has 35 heavy (non-hydrogen) atoms. The summed E-state index contributed by atoms with van der Waals surface area (Å²) in [6, 6.07) is 15.7. The Bertz CT molecular complexity index is 1320. The second-order valence-electron chi connectivity index (χ2n) is 8.52. The van der Waals surface area contributed by atoms with Crippen LogP contribution in [-0.2, 0) is 6.18 Å². The van der Waals surface area contributed by atoms with E-state index in [4.69, 9.17) is 4.74 Å². The summed E-state index contributed by atoms with van der Waals surface area (Å²) in [6.45, 7) is 3.00. The van der Waals surface area contributed by atoms with Crippen molar-refractivity contribution in [3.05, 3.63) is 89.2 Å². The summed E-state index contributed by atoms with van der Waals surface area (Å²) in [5.41, 5.74) is 0.184. The van der Waals surface area contributed by atoms with Crippen LogP contribution in [-0.4, -0.2) is 47.2 Å². The number of ether oxygens (including phenoxy) is 1. The molecule has 3 aromatic carbocycles. The monoisotopic (exact) mass is 483 g/mol. The molecular formula is C26H21F4N3O2. The fourth-order valence-corrected chi connectivity index (χ4v) is 4.38. The average molecular weight is 483 g/mol. The zero-order valence-electron chi connectivity index (χ0n) is 18.7. The molecule has 0 unspecified atom stereocenters. The lowest BCUT2D eigenvalue weighted by molar-refractivity contribution is -0.137. The van der Waals surface area contributed by atoms with Crippen molar-refractivity contribution in [3.63, 3.8) is 0 Å². The highest BCUT2D eigenvalue weighted by molar-refractivity contribution is 6.04. The molecule has 0 bridgehead atoms. The molecule has 2 aliphatic heterocycles. The minimum absolute atomic E-state index is 0.0805. The number of rotatable bonds is 1. The molecule has 2 heterocycles. The molecule has 0 spiro atoms. The number of benzene rings is 3. The molecule has 180 valence electrons. The van der Waals surface area contributed by atoms with Crippen LogP contribution in [0.2, 0.25) is 0 Å². The maximum Gasteiger partial charge on any atom is 0.416 e. The second-order valence-corrected chi connectivity index (χ2v) is 8.52. The van der Waals surface area contributed by atoms with Crippen LogP contribution in [0.1, 0.15) is 28.4 Å². The van der Waals surface area contributed by atoms with Crippen molar-refractivity contribution in [2.24, 2.45) is 4.99 Å². The highest BCUT2D eigenvalue weighted by Gasteiger charge is 2.34. The molecule has 0 radical (unpaired) electrons. The van der Waals surface area contributed by atoms with Crippen molar-refractivity contribution in [1.29, 1.82) is 0 Å². The minimum atomic E-state index is -4.51. The smallest absolute Gasteiger partial charge is 0.416 e. The lowest BCUT2D eigenvalue weighted by atomic mass is 10.1. The van der Waals surface area contributed by atoms with E-state index in [-0.39, 0.29) is 28.9 Å². The summed E-state index contributed by atoms with van der Waals surface area (Å²) in [5, 5.41) is 0. The maximum atomic E-state index is 13.6. The summed E-state index contributed by atoms with van der Waals surface area (Å²) >= 11 is 0. The van der Waals surface area contributed by atoms with Crippen LogP contribution >= 0.6 is 0 Å². The van der Waals surface area contributed by atoms with Gasteiger partial charge >= 0.3 is 6.18 Å². The first-order chi connectivity index (χ1) is 16.7. The van der Waals surface area contributed by atoms with Crippen LogP contribution in [0.3, 0.4) is 0 Å². The molecule has 2 aliphatic rings. The first-order valence-electron chi connectivity index (χ1n) is 11.1. The number of amidine groups is 1. The predicted octanol–water partition coefficient (Wildman–Crippen LogP) is 5.88. The Morgan fingerprint density at radius 3 is 2.54 bits per heavy atom. The van der Waals surface area contributed by atoms with Gasteiger partial charge in [-0.05, 0) is 55.5 Å². The van der Waals surface area contributed by atoms with Crippen molar-refractivity contribution < 1.29 is 27.1 Å². The fraction of sp³-hybridized carbons (Fsp3) is 0.231. The number of nitrogens with zero attached hydrogens (tertiary/aromatic N) is 3. The third-order valence-corrected chi connectivity index (χ3v) is 6.12. The molecule has 1 amide bonds. The maximum absolute atomic E-state index is 13.6. The molecule has 0 aliphatic carbocycles. The second kappa shape index (κ2) is 8.72. The summed E-state index contributed by atoms with van der Waals surface area (Å²) in [6.07, 6.45) is -4.51. The van der Waals surface area contributed by atoms with E-state index in [0.717, 1.165) is 12.1 Å². The van der Waals surface area contributed by atoms with E-state index < -0.39 is 17.6 Å². The number of fused-ring (bicyclic) bond motifs is 2. The Kier molecular flexibility index (Phi) is 5.70. The number of alkyl halides is 3. The zero-order valence-corrected chi connectivity index (χ0v) is 18.7. The van der Waals surface area contributed by atoms with Gasteiger partial charge in [0.25, 0.3) is 5.91 Å². The number of amides is 1. The first kappa shape index (κ1) is 22.9. The van der Waals surface area contributed by atoms with Crippen molar-refractivity contribution in [2.75, 3.05) is 19.6 Å². The summed E-state index contributed by atoms with van der Waals surface area (Å²) in [7, 11) is 0. The molecule has 1 saturated heterocycles. The highest BCUT2D eigenvalue weighted by Crippen LogP contribution is 2.41. The van der Waals surface area contributed by atoms with E-state index in [1.54, 1.807) is 29.2 Å². The van der Waals surface area contributed by atoms with Crippen LogP contribution in [0.5, 0.6) is 11.5 Å². The number of hydrogen-bond acceptors (Lipinski definition) is 4. The van der Waals surface area contributed by atoms with E-state index in [1.807, 2.05) is 17.9 Å². The largest absolute Gasteiger partial charge is 0.454 e. The SMILES string of the molecule is C[C@H]1CN(C2=Nc3cc(C(F)(F)F)ccc3Oc3ccccc32)CCN1C(=O)c1cccc(F)c1. The Morgan fingerprint density at radius 1 is 1.00 bits per heavy atom. The van der Waals surface area contributed by atoms with Crippen molar-refractivity contribution in [2.45, 2.75) is 19.1 Å². The molecule has 1 atom stereocenters. The minimum Gasteiger partial charge on any atom is -0.454 e. The van der Waals surface area contributed by atoms with Gasteiger partial charge in [-0.1, -0.05) is 18.2 Å². The van der Waals surface area contributed by atoms with Crippen LogP contribution in [0, 0.1) is 5.82 Å². The standard InChI is InChI=1S/C26H21F4N3O2/c1-16-15-32(11-12-33(16)25(34)17-5-4-6-19(27)13-17)24-20-7-2-3-8-22(20)35-23-10-9-18(26(28,29)30)14-21(23)31-24/h2-10,13-14,16H,11-12,15H2,1H3/t16-/m0/s1. The van der Waals surface area contributed by atoms with Gasteiger partial charge in [-0.2, -0.15) is 13.2 Å². The van der Waals surface area contributed by atoms with Gasteiger partial charge in [-0.25, -0.2) is 9.38 Å². The highest BCUT2D eigenvalue weighted by atomic mass is 19.4. The molecule has 3 aromatic rings. The molecular weight excluding hydrogens is 462 g/mol. The van der Waals surface area contributed by atoms with Gasteiger partial charge in [-0.15, -0.1) is 0 Å². The van der Waals surface area contributed by atoms with Crippen LogP contribution in [0.25, 0.3) is 0 Å². The number of piperazine rings is 1. The molecule has 1 fully saturated rings. The summed E-state index contributed by atoms with van der Waals surface area (Å²) in [4.78, 5) is 21.2. The van der Waals surface area contributed by atoms with Crippen LogP contribution in [0.15, 0.2) is 71.7 Å². The van der Waals surface area contributed by atoms with Crippen molar-refractivity contribution in [1.82, 2.24) is 9.80 Å². The van der Waals surface area contributed by atoms with Gasteiger partial charge in [0.15, 0.2) is 5.75 Å². The van der Waals surface area contributed by atoms with Gasteiger partial charge in [0.1, 0.15) is 23.1 Å². The van der Waals surface area contributed by atoms with E-state index in [2.05, 4.69) is 4.99 Å². The molecule has 0 saturated carbocycles. The number of hydrogen-bond donors (Lipinski definition) is 0. The van der Waals surface area contributed by atoms with Gasteiger partial charge in [0, 0.05) is 31.2 Å². The van der Waals surface area contributed by atoms with Crippen molar-refractivity contribution in [3.8, 4) is 11.5 Å². The van der Waals surface area contributed by atoms with Gasteiger partial charge in [0.05, 0.1) is 11.1 Å². The Morgan fingerprint density at radius 2 is 1.80 bits per heavy atom. The van der Waals surface area contributed by atoms with E-state index in [0.29, 0.717) is 36.8 Å². The Balaban J connectivity index is 1.48. The third kappa shape index (κ3) is 4.45. The van der Waals surface area contributed by atoms with Crippen molar-refractivity contribution >= 4 is 17.4 Å². The lowest BCUT2D eigenvalue weighted by Gasteiger charge is -2.41. The Hall–Kier alpha value is -3.88. The lowest BCUT2D eigenvalue weighted by Crippen LogP contribution is -2.55. The zero-order chi connectivity index (χ0) is 24.7. The quantitative estimate of drug-likeness (QED) is 0.407. The average Bonchev–Trinajstić information content (AvgIpc) is 2.99. The Labute approximate surface area is 199 Å². The van der Waals surface area contributed by atoms with E-state index in [9.17, 15) is 22.4 Å². The first-order valence-corrected chi connectivity index (χ1v) is 11.1. The number of halogens is 4. The third-order valence-electron chi connectivity index (χ3n) is 6.12. The fourth-order valence-electron chi connectivity index (χ4n) is 4.38. The number of carbonyl (C=O) groups is 1. The number of carbonyl (C=O) groups excluding carboxylic acids is 1. The summed E-state index contributed by atoms with van der Waals surface area (Å²) < 4.78 is 59.6. The molecule has 0 aromatic heterocycles. The van der Waals surface area contributed by atoms with Crippen LogP contribution in [0.4, 0.5) is 23.2 Å². The number of aliphatic imine (C=N–C) groups is 1. The normalized spacial score (nSPS) is 17.6. The van der Waals surface area contributed by atoms with Gasteiger partial charge in [0.2, 0.25) is 0 Å². The predicted molar refractivity (Wildman–Crippen MR) is 123 cm³/mol. The summed E-state index contributed by atoms with van der Waals surface area (Å²) in [5.74, 6) is 0.430. The van der Waals surface area contributed by atoms with E-state index >= 15 is 0 Å².